The molecule has 1 atom stereocenters. The van der Waals surface area contributed by atoms with Crippen molar-refractivity contribution in [1.29, 1.82) is 0 Å². The van der Waals surface area contributed by atoms with Crippen LogP contribution >= 0.6 is 0 Å². The molecule has 16 heavy (non-hydrogen) atoms. The quantitative estimate of drug-likeness (QED) is 0.763. The molecule has 1 aliphatic carbocycles. The van der Waals surface area contributed by atoms with Crippen molar-refractivity contribution in [3.63, 3.8) is 0 Å². The van der Waals surface area contributed by atoms with Crippen LogP contribution in [0.4, 0.5) is 0 Å². The first-order chi connectivity index (χ1) is 7.59. The van der Waals surface area contributed by atoms with Gasteiger partial charge in [0.2, 0.25) is 5.91 Å². The van der Waals surface area contributed by atoms with Crippen molar-refractivity contribution in [2.24, 2.45) is 11.3 Å². The van der Waals surface area contributed by atoms with Gasteiger partial charge in [0.25, 0.3) is 0 Å². The van der Waals surface area contributed by atoms with Crippen molar-refractivity contribution in [2.75, 3.05) is 13.1 Å². The Labute approximate surface area is 98.4 Å². The van der Waals surface area contributed by atoms with Crippen LogP contribution in [-0.4, -0.2) is 25.0 Å². The normalized spacial score (nSPS) is 26.5. The molecule has 2 fully saturated rings. The summed E-state index contributed by atoms with van der Waals surface area (Å²) >= 11 is 0. The number of rotatable bonds is 4. The average molecular weight is 224 g/mol. The Bertz CT molecular complexity index is 253. The Morgan fingerprint density at radius 3 is 2.56 bits per heavy atom. The highest BCUT2D eigenvalue weighted by Gasteiger charge is 2.34. The molecule has 3 heteroatoms. The lowest BCUT2D eigenvalue weighted by molar-refractivity contribution is -0.123. The van der Waals surface area contributed by atoms with E-state index in [1.807, 2.05) is 0 Å². The molecule has 1 heterocycles. The Kier molecular flexibility index (Phi) is 3.53. The third-order valence-electron chi connectivity index (χ3n) is 4.31. The number of nitrogens with one attached hydrogen (secondary N) is 2. The molecule has 1 aliphatic heterocycles. The average Bonchev–Trinajstić information content (AvgIpc) is 2.63. The minimum atomic E-state index is 0.0668. The third kappa shape index (κ3) is 2.57. The summed E-state index contributed by atoms with van der Waals surface area (Å²) in [5.74, 6) is 1.01. The van der Waals surface area contributed by atoms with Crippen LogP contribution < -0.4 is 10.6 Å². The topological polar surface area (TPSA) is 41.1 Å². The highest BCUT2D eigenvalue weighted by molar-refractivity contribution is 5.82. The van der Waals surface area contributed by atoms with Gasteiger partial charge in [-0.25, -0.2) is 0 Å². The van der Waals surface area contributed by atoms with Crippen LogP contribution in [0.2, 0.25) is 0 Å². The van der Waals surface area contributed by atoms with Crippen LogP contribution in [0.15, 0.2) is 0 Å². The van der Waals surface area contributed by atoms with Gasteiger partial charge in [-0.05, 0) is 43.6 Å². The maximum absolute atomic E-state index is 11.8. The monoisotopic (exact) mass is 224 g/mol. The lowest BCUT2D eigenvalue weighted by Crippen LogP contribution is -2.46. The first kappa shape index (κ1) is 11.9. The predicted molar refractivity (Wildman–Crippen MR) is 65.2 cm³/mol. The molecule has 3 nitrogen and oxygen atoms in total. The second-order valence-corrected chi connectivity index (χ2v) is 5.98. The lowest BCUT2D eigenvalue weighted by Gasteiger charge is -2.40. The van der Waals surface area contributed by atoms with Crippen LogP contribution in [0.25, 0.3) is 0 Å². The molecule has 1 unspecified atom stereocenters. The minimum Gasteiger partial charge on any atom is -0.354 e. The maximum Gasteiger partial charge on any atom is 0.237 e. The second kappa shape index (κ2) is 4.74. The summed E-state index contributed by atoms with van der Waals surface area (Å²) in [7, 11) is 0. The fraction of sp³-hybridized carbons (Fsp3) is 0.923. The largest absolute Gasteiger partial charge is 0.354 e. The Hall–Kier alpha value is -0.570. The van der Waals surface area contributed by atoms with Crippen LogP contribution in [-0.2, 0) is 4.79 Å². The fourth-order valence-electron chi connectivity index (χ4n) is 2.68. The maximum atomic E-state index is 11.8. The van der Waals surface area contributed by atoms with Gasteiger partial charge in [0.15, 0.2) is 0 Å². The van der Waals surface area contributed by atoms with Gasteiger partial charge in [-0.1, -0.05) is 20.3 Å². The predicted octanol–water partition coefficient (Wildman–Crippen LogP) is 1.68. The second-order valence-electron chi connectivity index (χ2n) is 5.98. The van der Waals surface area contributed by atoms with Gasteiger partial charge in [-0.2, -0.15) is 0 Å². The summed E-state index contributed by atoms with van der Waals surface area (Å²) in [6.45, 7) is 6.37. The molecule has 1 saturated heterocycles. The minimum absolute atomic E-state index is 0.0668. The number of carbonyl (C=O) groups is 1. The van der Waals surface area contributed by atoms with E-state index >= 15 is 0 Å². The van der Waals surface area contributed by atoms with E-state index in [-0.39, 0.29) is 17.4 Å². The van der Waals surface area contributed by atoms with E-state index in [9.17, 15) is 4.79 Å². The van der Waals surface area contributed by atoms with Crippen molar-refractivity contribution in [3.8, 4) is 0 Å². The molecule has 92 valence electrons. The van der Waals surface area contributed by atoms with Gasteiger partial charge >= 0.3 is 0 Å². The van der Waals surface area contributed by atoms with Gasteiger partial charge in [0.05, 0.1) is 6.04 Å². The molecule has 1 amide bonds. The van der Waals surface area contributed by atoms with Crippen molar-refractivity contribution < 1.29 is 4.79 Å². The van der Waals surface area contributed by atoms with E-state index in [1.54, 1.807) is 0 Å². The summed E-state index contributed by atoms with van der Waals surface area (Å²) in [5.41, 5.74) is 0.270. The highest BCUT2D eigenvalue weighted by Crippen LogP contribution is 2.41. The molecule has 2 N–H and O–H groups in total. The smallest absolute Gasteiger partial charge is 0.237 e. The number of amides is 1. The molecule has 0 aromatic rings. The van der Waals surface area contributed by atoms with Crippen molar-refractivity contribution >= 4 is 5.91 Å². The summed E-state index contributed by atoms with van der Waals surface area (Å²) < 4.78 is 0. The van der Waals surface area contributed by atoms with E-state index < -0.39 is 0 Å². The summed E-state index contributed by atoms with van der Waals surface area (Å²) in [4.78, 5) is 11.8. The SMILES string of the molecule is CC(C)(CNC(=O)C1CCCN1)C1CCC1. The summed E-state index contributed by atoms with van der Waals surface area (Å²) in [5, 5.41) is 6.35. The Balaban J connectivity index is 1.75. The van der Waals surface area contributed by atoms with Gasteiger partial charge in [0, 0.05) is 6.54 Å². The summed E-state index contributed by atoms with van der Waals surface area (Å²) in [6.07, 6.45) is 6.17. The zero-order chi connectivity index (χ0) is 11.6. The van der Waals surface area contributed by atoms with Crippen LogP contribution in [0, 0.1) is 11.3 Å². The number of carbonyl (C=O) groups excluding carboxylic acids is 1. The molecular weight excluding hydrogens is 200 g/mol. The van der Waals surface area contributed by atoms with E-state index in [1.165, 1.54) is 19.3 Å². The molecule has 0 aromatic carbocycles. The molecular formula is C13H24N2O. The zero-order valence-electron chi connectivity index (χ0n) is 10.5. The van der Waals surface area contributed by atoms with Gasteiger partial charge in [0.1, 0.15) is 0 Å². The summed E-state index contributed by atoms with van der Waals surface area (Å²) in [6, 6.07) is 0.0668. The lowest BCUT2D eigenvalue weighted by atomic mass is 9.67. The molecule has 0 radical (unpaired) electrons. The standard InChI is InChI=1S/C13H24N2O/c1-13(2,10-5-3-6-10)9-15-12(16)11-7-4-8-14-11/h10-11,14H,3-9H2,1-2H3,(H,15,16). The van der Waals surface area contributed by atoms with Crippen LogP contribution in [0.1, 0.15) is 46.0 Å². The third-order valence-corrected chi connectivity index (χ3v) is 4.31. The van der Waals surface area contributed by atoms with Crippen LogP contribution in [0.5, 0.6) is 0 Å². The van der Waals surface area contributed by atoms with Gasteiger partial charge in [-0.3, -0.25) is 4.79 Å². The molecule has 2 rings (SSSR count). The first-order valence-corrected chi connectivity index (χ1v) is 6.61. The number of hydrogen-bond acceptors (Lipinski definition) is 2. The van der Waals surface area contributed by atoms with E-state index in [4.69, 9.17) is 0 Å². The molecule has 2 aliphatic rings. The first-order valence-electron chi connectivity index (χ1n) is 6.61. The van der Waals surface area contributed by atoms with Gasteiger partial charge < -0.3 is 10.6 Å². The van der Waals surface area contributed by atoms with Crippen molar-refractivity contribution in [1.82, 2.24) is 10.6 Å². The molecule has 0 spiro atoms. The van der Waals surface area contributed by atoms with Crippen LogP contribution in [0.3, 0.4) is 0 Å². The van der Waals surface area contributed by atoms with E-state index in [0.29, 0.717) is 0 Å². The van der Waals surface area contributed by atoms with Gasteiger partial charge in [-0.15, -0.1) is 0 Å². The fourth-order valence-corrected chi connectivity index (χ4v) is 2.68. The van der Waals surface area contributed by atoms with Crippen molar-refractivity contribution in [2.45, 2.75) is 52.0 Å². The highest BCUT2D eigenvalue weighted by atomic mass is 16.2. The number of hydrogen-bond donors (Lipinski definition) is 2. The zero-order valence-corrected chi connectivity index (χ0v) is 10.5. The van der Waals surface area contributed by atoms with E-state index in [2.05, 4.69) is 24.5 Å². The van der Waals surface area contributed by atoms with Crippen molar-refractivity contribution in [3.05, 3.63) is 0 Å². The molecule has 0 aromatic heterocycles. The molecule has 0 bridgehead atoms. The van der Waals surface area contributed by atoms with E-state index in [0.717, 1.165) is 31.8 Å². The molecule has 1 saturated carbocycles. The Morgan fingerprint density at radius 2 is 2.06 bits per heavy atom. The Morgan fingerprint density at radius 1 is 1.31 bits per heavy atom.